The number of benzene rings is 1. The molecule has 0 amide bonds. The van der Waals surface area contributed by atoms with Crippen LogP contribution >= 0.6 is 19.3 Å². The summed E-state index contributed by atoms with van der Waals surface area (Å²) in [6.07, 6.45) is 0. The number of hydrogen-bond donors (Lipinski definition) is 1. The lowest BCUT2D eigenvalue weighted by atomic mass is 10.3. The van der Waals surface area contributed by atoms with E-state index >= 15 is 0 Å². The van der Waals surface area contributed by atoms with Gasteiger partial charge in [0.05, 0.1) is 5.69 Å². The molecule has 3 heteroatoms. The highest BCUT2D eigenvalue weighted by Crippen LogP contribution is 2.48. The lowest BCUT2D eigenvalue weighted by molar-refractivity contribution is 1.48. The van der Waals surface area contributed by atoms with Crippen molar-refractivity contribution in [3.8, 4) is 0 Å². The minimum absolute atomic E-state index is 0.813. The Hall–Kier alpha value is -0.200. The molecule has 0 saturated carbocycles. The Kier molecular flexibility index (Phi) is 1.36. The lowest BCUT2D eigenvalue weighted by Gasteiger charge is -1.92. The van der Waals surface area contributed by atoms with Gasteiger partial charge < -0.3 is 5.09 Å². The van der Waals surface area contributed by atoms with E-state index in [2.05, 4.69) is 29.4 Å². The van der Waals surface area contributed by atoms with E-state index in [1.54, 1.807) is 0 Å². The Balaban J connectivity index is 2.54. The summed E-state index contributed by atoms with van der Waals surface area (Å²) in [6, 6.07) is 8.39. The Bertz CT molecular complexity index is 203. The van der Waals surface area contributed by atoms with Crippen molar-refractivity contribution >= 4 is 25.0 Å². The largest absolute Gasteiger partial charge is 0.357 e. The maximum Gasteiger partial charge on any atom is 0.0518 e. The first-order valence-corrected chi connectivity index (χ1v) is 5.28. The molecule has 46 valence electrons. The van der Waals surface area contributed by atoms with E-state index in [0.29, 0.717) is 0 Å². The van der Waals surface area contributed by atoms with Crippen LogP contribution in [0.1, 0.15) is 0 Å². The van der Waals surface area contributed by atoms with Gasteiger partial charge in [-0.3, -0.25) is 0 Å². The predicted molar refractivity (Wildman–Crippen MR) is 44.2 cm³/mol. The van der Waals surface area contributed by atoms with Gasteiger partial charge in [0.1, 0.15) is 0 Å². The number of para-hydroxylation sites is 1. The van der Waals surface area contributed by atoms with E-state index in [0.717, 1.165) is 7.93 Å². The van der Waals surface area contributed by atoms with Crippen LogP contribution in [0.3, 0.4) is 0 Å². The third-order valence-corrected chi connectivity index (χ3v) is 3.56. The second-order valence-corrected chi connectivity index (χ2v) is 4.15. The van der Waals surface area contributed by atoms with E-state index in [1.165, 1.54) is 10.6 Å². The zero-order valence-corrected chi connectivity index (χ0v) is 6.53. The zero-order chi connectivity index (χ0) is 6.10. The van der Waals surface area contributed by atoms with Crippen LogP contribution in [0.5, 0.6) is 0 Å². The molecule has 0 bridgehead atoms. The molecule has 1 aromatic rings. The standard InChI is InChI=1S/C6H6NPS/c1-2-4-6-5(3-1)7-8-9-6/h1-4,7-8H. The molecule has 0 spiro atoms. The second kappa shape index (κ2) is 2.20. The SMILES string of the molecule is c1ccc2c(c1)NPS2. The van der Waals surface area contributed by atoms with Gasteiger partial charge in [-0.2, -0.15) is 0 Å². The van der Waals surface area contributed by atoms with E-state index in [1.807, 2.05) is 11.4 Å². The number of fused-ring (bicyclic) bond motifs is 1. The van der Waals surface area contributed by atoms with Crippen molar-refractivity contribution in [2.45, 2.75) is 4.90 Å². The molecule has 1 aliphatic rings. The third-order valence-electron chi connectivity index (χ3n) is 1.23. The predicted octanol–water partition coefficient (Wildman–Crippen LogP) is 2.71. The van der Waals surface area contributed by atoms with Crippen molar-refractivity contribution < 1.29 is 0 Å². The summed E-state index contributed by atoms with van der Waals surface area (Å²) in [4.78, 5) is 1.39. The first kappa shape index (κ1) is 5.57. The van der Waals surface area contributed by atoms with Crippen LogP contribution in [0.4, 0.5) is 5.69 Å². The Morgan fingerprint density at radius 3 is 3.11 bits per heavy atom. The molecule has 0 radical (unpaired) electrons. The van der Waals surface area contributed by atoms with Crippen LogP contribution in [-0.4, -0.2) is 0 Å². The second-order valence-electron chi connectivity index (χ2n) is 1.83. The van der Waals surface area contributed by atoms with E-state index in [4.69, 9.17) is 0 Å². The Labute approximate surface area is 59.8 Å². The molecule has 1 atom stereocenters. The molecular formula is C6H6NPS. The molecule has 0 saturated heterocycles. The van der Waals surface area contributed by atoms with Crippen molar-refractivity contribution in [2.24, 2.45) is 0 Å². The van der Waals surface area contributed by atoms with Crippen LogP contribution in [0, 0.1) is 0 Å². The first-order chi connectivity index (χ1) is 4.47. The number of anilines is 1. The zero-order valence-electron chi connectivity index (χ0n) is 4.72. The lowest BCUT2D eigenvalue weighted by Crippen LogP contribution is -1.74. The van der Waals surface area contributed by atoms with E-state index in [-0.39, 0.29) is 0 Å². The van der Waals surface area contributed by atoms with Crippen LogP contribution in [0.15, 0.2) is 29.2 Å². The molecule has 9 heavy (non-hydrogen) atoms. The average molecular weight is 155 g/mol. The number of rotatable bonds is 0. The molecule has 0 aromatic heterocycles. The Morgan fingerprint density at radius 2 is 2.22 bits per heavy atom. The summed E-state index contributed by atoms with van der Waals surface area (Å²) in [7, 11) is 0.813. The maximum absolute atomic E-state index is 3.29. The summed E-state index contributed by atoms with van der Waals surface area (Å²) < 4.78 is 0. The number of hydrogen-bond acceptors (Lipinski definition) is 2. The quantitative estimate of drug-likeness (QED) is 0.578. The van der Waals surface area contributed by atoms with Gasteiger partial charge in [-0.1, -0.05) is 23.5 Å². The first-order valence-electron chi connectivity index (χ1n) is 2.74. The fourth-order valence-electron chi connectivity index (χ4n) is 0.794. The van der Waals surface area contributed by atoms with Crippen LogP contribution in [0.2, 0.25) is 0 Å². The minimum atomic E-state index is 0.813. The molecule has 1 aromatic carbocycles. The average Bonchev–Trinajstić information content (AvgIpc) is 2.33. The van der Waals surface area contributed by atoms with Crippen molar-refractivity contribution in [3.63, 3.8) is 0 Å². The van der Waals surface area contributed by atoms with Gasteiger partial charge in [-0.15, -0.1) is 0 Å². The van der Waals surface area contributed by atoms with Gasteiger partial charge in [0, 0.05) is 12.8 Å². The van der Waals surface area contributed by atoms with Crippen LogP contribution in [0.25, 0.3) is 0 Å². The molecule has 1 aliphatic heterocycles. The summed E-state index contributed by atoms with van der Waals surface area (Å²) >= 11 is 1.88. The van der Waals surface area contributed by atoms with Gasteiger partial charge in [-0.25, -0.2) is 0 Å². The van der Waals surface area contributed by atoms with E-state index in [9.17, 15) is 0 Å². The molecule has 0 fully saturated rings. The van der Waals surface area contributed by atoms with E-state index < -0.39 is 0 Å². The molecule has 1 unspecified atom stereocenters. The fraction of sp³-hybridized carbons (Fsp3) is 0. The van der Waals surface area contributed by atoms with Gasteiger partial charge in [0.15, 0.2) is 0 Å². The van der Waals surface area contributed by atoms with Gasteiger partial charge in [0.2, 0.25) is 0 Å². The molecule has 0 aliphatic carbocycles. The molecular weight excluding hydrogens is 149 g/mol. The van der Waals surface area contributed by atoms with Crippen LogP contribution < -0.4 is 5.09 Å². The highest BCUT2D eigenvalue weighted by molar-refractivity contribution is 8.50. The monoisotopic (exact) mass is 155 g/mol. The summed E-state index contributed by atoms with van der Waals surface area (Å²) in [5.74, 6) is 0. The maximum atomic E-state index is 3.29. The Morgan fingerprint density at radius 1 is 1.33 bits per heavy atom. The molecule has 1 N–H and O–H groups in total. The summed E-state index contributed by atoms with van der Waals surface area (Å²) in [5, 5.41) is 3.29. The van der Waals surface area contributed by atoms with Gasteiger partial charge in [0.25, 0.3) is 0 Å². The summed E-state index contributed by atoms with van der Waals surface area (Å²) in [6.45, 7) is 0. The topological polar surface area (TPSA) is 12.0 Å². The van der Waals surface area contributed by atoms with Gasteiger partial charge >= 0.3 is 0 Å². The third kappa shape index (κ3) is 0.930. The van der Waals surface area contributed by atoms with Crippen molar-refractivity contribution in [1.82, 2.24) is 0 Å². The van der Waals surface area contributed by atoms with Crippen molar-refractivity contribution in [3.05, 3.63) is 24.3 Å². The van der Waals surface area contributed by atoms with Gasteiger partial charge in [-0.05, 0) is 12.1 Å². The van der Waals surface area contributed by atoms with Crippen molar-refractivity contribution in [2.75, 3.05) is 5.09 Å². The fourth-order valence-corrected chi connectivity index (χ4v) is 3.10. The summed E-state index contributed by atoms with van der Waals surface area (Å²) in [5.41, 5.74) is 1.29. The highest BCUT2D eigenvalue weighted by atomic mass is 32.7. The van der Waals surface area contributed by atoms with Crippen LogP contribution in [-0.2, 0) is 0 Å². The normalized spacial score (nSPS) is 17.3. The molecule has 1 heterocycles. The number of nitrogens with one attached hydrogen (secondary N) is 1. The molecule has 2 rings (SSSR count). The molecule has 1 nitrogen and oxygen atoms in total. The highest BCUT2D eigenvalue weighted by Gasteiger charge is 2.07. The minimum Gasteiger partial charge on any atom is -0.357 e. The van der Waals surface area contributed by atoms with Crippen molar-refractivity contribution in [1.29, 1.82) is 0 Å². The smallest absolute Gasteiger partial charge is 0.0518 e.